The van der Waals surface area contributed by atoms with Gasteiger partial charge in [0.15, 0.2) is 0 Å². The van der Waals surface area contributed by atoms with Gasteiger partial charge in [-0.05, 0) is 29.9 Å². The largest absolute Gasteiger partial charge is 0.480 e. The Bertz CT molecular complexity index is 619. The van der Waals surface area contributed by atoms with Gasteiger partial charge in [-0.2, -0.15) is 0 Å². The van der Waals surface area contributed by atoms with Crippen LogP contribution in [0, 0.1) is 11.7 Å². The highest BCUT2D eigenvalue weighted by Crippen LogP contribution is 2.21. The highest BCUT2D eigenvalue weighted by Gasteiger charge is 2.21. The van der Waals surface area contributed by atoms with Crippen molar-refractivity contribution >= 4 is 17.8 Å². The Morgan fingerprint density at radius 1 is 1.12 bits per heavy atom. The van der Waals surface area contributed by atoms with Crippen molar-refractivity contribution < 1.29 is 23.9 Å². The maximum absolute atomic E-state index is 13.7. The van der Waals surface area contributed by atoms with E-state index in [0.717, 1.165) is 0 Å². The summed E-state index contributed by atoms with van der Waals surface area (Å²) in [6.45, 7) is 5.12. The summed E-state index contributed by atoms with van der Waals surface area (Å²) < 4.78 is 13.7. The van der Waals surface area contributed by atoms with Gasteiger partial charge in [-0.25, -0.2) is 9.18 Å². The maximum Gasteiger partial charge on any atom is 0.326 e. The van der Waals surface area contributed by atoms with Gasteiger partial charge in [0.05, 0.1) is 6.54 Å². The van der Waals surface area contributed by atoms with Crippen molar-refractivity contribution in [3.05, 3.63) is 35.6 Å². The number of hydrogen-bond acceptors (Lipinski definition) is 3. The van der Waals surface area contributed by atoms with Crippen LogP contribution in [0.1, 0.15) is 45.1 Å². The van der Waals surface area contributed by atoms with Gasteiger partial charge < -0.3 is 15.7 Å². The lowest BCUT2D eigenvalue weighted by molar-refractivity contribution is -0.142. The summed E-state index contributed by atoms with van der Waals surface area (Å²) in [5.41, 5.74) is 0.435. The molecule has 7 heteroatoms. The Labute approximate surface area is 146 Å². The fraction of sp³-hybridized carbons (Fsp3) is 0.500. The number of halogens is 1. The number of amides is 2. The first-order chi connectivity index (χ1) is 11.7. The van der Waals surface area contributed by atoms with Gasteiger partial charge in [0.1, 0.15) is 11.9 Å². The molecule has 138 valence electrons. The number of carbonyl (C=O) groups is 3. The van der Waals surface area contributed by atoms with Gasteiger partial charge in [-0.1, -0.05) is 39.0 Å². The Balaban J connectivity index is 2.46. The summed E-state index contributed by atoms with van der Waals surface area (Å²) in [5, 5.41) is 13.9. The number of nitrogens with one attached hydrogen (secondary N) is 2. The Morgan fingerprint density at radius 2 is 1.76 bits per heavy atom. The molecule has 0 fully saturated rings. The molecule has 0 spiro atoms. The zero-order chi connectivity index (χ0) is 19.0. The molecule has 0 heterocycles. The van der Waals surface area contributed by atoms with Crippen molar-refractivity contribution in [2.24, 2.45) is 5.92 Å². The van der Waals surface area contributed by atoms with Crippen LogP contribution in [0.15, 0.2) is 24.3 Å². The monoisotopic (exact) mass is 352 g/mol. The van der Waals surface area contributed by atoms with Crippen LogP contribution >= 0.6 is 0 Å². The van der Waals surface area contributed by atoms with Crippen molar-refractivity contribution in [1.29, 1.82) is 0 Å². The molecule has 0 radical (unpaired) electrons. The Kier molecular flexibility index (Phi) is 8.04. The zero-order valence-corrected chi connectivity index (χ0v) is 14.7. The first kappa shape index (κ1) is 20.6. The molecule has 0 aliphatic rings. The molecular formula is C18H25FN2O4. The molecule has 0 aromatic heterocycles. The molecule has 25 heavy (non-hydrogen) atoms. The summed E-state index contributed by atoms with van der Waals surface area (Å²) in [5.74, 6) is -2.68. The molecule has 1 unspecified atom stereocenters. The molecule has 3 N–H and O–H groups in total. The van der Waals surface area contributed by atoms with Crippen LogP contribution in [0.4, 0.5) is 4.39 Å². The van der Waals surface area contributed by atoms with Crippen LogP contribution in [0.3, 0.4) is 0 Å². The van der Waals surface area contributed by atoms with E-state index in [9.17, 15) is 18.8 Å². The molecule has 1 rings (SSSR count). The van der Waals surface area contributed by atoms with E-state index in [2.05, 4.69) is 10.6 Å². The first-order valence-electron chi connectivity index (χ1n) is 8.24. The molecule has 6 nitrogen and oxygen atoms in total. The van der Waals surface area contributed by atoms with Crippen LogP contribution in [-0.4, -0.2) is 35.5 Å². The molecule has 1 aromatic carbocycles. The summed E-state index contributed by atoms with van der Waals surface area (Å²) in [4.78, 5) is 34.8. The summed E-state index contributed by atoms with van der Waals surface area (Å²) in [6.07, 6.45) is 0.335. The first-order valence-corrected chi connectivity index (χ1v) is 8.24. The second-order valence-corrected chi connectivity index (χ2v) is 6.49. The smallest absolute Gasteiger partial charge is 0.326 e. The second-order valence-electron chi connectivity index (χ2n) is 6.49. The molecule has 0 saturated carbocycles. The quantitative estimate of drug-likeness (QED) is 0.634. The summed E-state index contributed by atoms with van der Waals surface area (Å²) in [7, 11) is 0. The third-order valence-electron chi connectivity index (χ3n) is 3.71. The van der Waals surface area contributed by atoms with E-state index < -0.39 is 23.8 Å². The third-order valence-corrected chi connectivity index (χ3v) is 3.71. The van der Waals surface area contributed by atoms with E-state index in [1.807, 2.05) is 13.8 Å². The minimum absolute atomic E-state index is 0.0303. The van der Waals surface area contributed by atoms with E-state index in [1.54, 1.807) is 25.1 Å². The van der Waals surface area contributed by atoms with Crippen molar-refractivity contribution in [1.82, 2.24) is 10.6 Å². The molecule has 2 amide bonds. The Morgan fingerprint density at radius 3 is 2.32 bits per heavy atom. The lowest BCUT2D eigenvalue weighted by Gasteiger charge is -2.17. The van der Waals surface area contributed by atoms with E-state index in [4.69, 9.17) is 5.11 Å². The van der Waals surface area contributed by atoms with Crippen molar-refractivity contribution in [2.45, 2.75) is 45.6 Å². The highest BCUT2D eigenvalue weighted by molar-refractivity contribution is 5.88. The third kappa shape index (κ3) is 7.32. The zero-order valence-electron chi connectivity index (χ0n) is 14.7. The molecule has 0 saturated heterocycles. The van der Waals surface area contributed by atoms with Gasteiger partial charge in [-0.15, -0.1) is 0 Å². The predicted octanol–water partition coefficient (Wildman–Crippen LogP) is 2.05. The molecule has 1 aromatic rings. The van der Waals surface area contributed by atoms with Gasteiger partial charge >= 0.3 is 5.97 Å². The number of carboxylic acid groups (broad SMARTS) is 1. The number of carboxylic acids is 1. The normalized spacial score (nSPS) is 13.2. The van der Waals surface area contributed by atoms with Gasteiger partial charge in [0.25, 0.3) is 0 Å². The predicted molar refractivity (Wildman–Crippen MR) is 91.5 cm³/mol. The Hall–Kier alpha value is -2.44. The van der Waals surface area contributed by atoms with Crippen molar-refractivity contribution in [2.75, 3.05) is 6.54 Å². The lowest BCUT2D eigenvalue weighted by Crippen LogP contribution is -2.46. The molecule has 2 atom stereocenters. The van der Waals surface area contributed by atoms with Crippen LogP contribution in [-0.2, 0) is 14.4 Å². The van der Waals surface area contributed by atoms with Crippen LogP contribution in [0.5, 0.6) is 0 Å². The lowest BCUT2D eigenvalue weighted by atomic mass is 9.97. The number of hydrogen-bond donors (Lipinski definition) is 3. The van der Waals surface area contributed by atoms with E-state index in [1.165, 1.54) is 6.07 Å². The maximum atomic E-state index is 13.7. The van der Waals surface area contributed by atoms with Crippen molar-refractivity contribution in [3.63, 3.8) is 0 Å². The molecule has 0 bridgehead atoms. The van der Waals surface area contributed by atoms with Crippen LogP contribution in [0.25, 0.3) is 0 Å². The standard InChI is InChI=1S/C18H25FN2O4/c1-11(2)8-15(18(24)25)21-17(23)10-20-16(22)9-12(3)13-6-4-5-7-14(13)19/h4-7,11-12,15H,8-10H2,1-3H3,(H,20,22)(H,21,23)(H,24,25)/t12?,15-/m0/s1. The fourth-order valence-electron chi connectivity index (χ4n) is 2.45. The average molecular weight is 352 g/mol. The number of carbonyl (C=O) groups excluding carboxylic acids is 2. The van der Waals surface area contributed by atoms with Gasteiger partial charge in [-0.3, -0.25) is 9.59 Å². The topological polar surface area (TPSA) is 95.5 Å². The fourth-order valence-corrected chi connectivity index (χ4v) is 2.45. The number of benzene rings is 1. The second kappa shape index (κ2) is 9.76. The van der Waals surface area contributed by atoms with E-state index >= 15 is 0 Å². The van der Waals surface area contributed by atoms with E-state index in [0.29, 0.717) is 12.0 Å². The molecule has 0 aliphatic heterocycles. The molecular weight excluding hydrogens is 327 g/mol. The highest BCUT2D eigenvalue weighted by atomic mass is 19.1. The van der Waals surface area contributed by atoms with E-state index in [-0.39, 0.29) is 30.6 Å². The van der Waals surface area contributed by atoms with Crippen LogP contribution in [0.2, 0.25) is 0 Å². The molecule has 0 aliphatic carbocycles. The van der Waals surface area contributed by atoms with Crippen LogP contribution < -0.4 is 10.6 Å². The minimum atomic E-state index is -1.11. The summed E-state index contributed by atoms with van der Waals surface area (Å²) in [6, 6.07) is 5.23. The minimum Gasteiger partial charge on any atom is -0.480 e. The SMILES string of the molecule is CC(C)C[C@H](NC(=O)CNC(=O)CC(C)c1ccccc1F)C(=O)O. The van der Waals surface area contributed by atoms with Crippen molar-refractivity contribution in [3.8, 4) is 0 Å². The van der Waals surface area contributed by atoms with Gasteiger partial charge in [0, 0.05) is 6.42 Å². The average Bonchev–Trinajstić information content (AvgIpc) is 2.52. The number of rotatable bonds is 9. The van der Waals surface area contributed by atoms with Gasteiger partial charge in [0.2, 0.25) is 11.8 Å². The number of aliphatic carboxylic acids is 1. The summed E-state index contributed by atoms with van der Waals surface area (Å²) >= 11 is 0.